The summed E-state index contributed by atoms with van der Waals surface area (Å²) in [7, 11) is 3.39. The third kappa shape index (κ3) is 4.94. The number of nitrogens with zero attached hydrogens (tertiary/aromatic N) is 6. The summed E-state index contributed by atoms with van der Waals surface area (Å²) in [6.45, 7) is 0.628. The first kappa shape index (κ1) is 18.6. The zero-order valence-electron chi connectivity index (χ0n) is 15.0. The molecule has 0 bridgehead atoms. The van der Waals surface area contributed by atoms with Gasteiger partial charge in [-0.15, -0.1) is 15.3 Å². The molecule has 2 heterocycles. The SMILES string of the molecule is CN(C)C(=O)CCn1cc(C(=O)NCc2nnc(-c3ccccc3)s2)nn1. The van der Waals surface area contributed by atoms with E-state index in [4.69, 9.17) is 0 Å². The van der Waals surface area contributed by atoms with Crippen molar-refractivity contribution in [3.63, 3.8) is 0 Å². The first-order chi connectivity index (χ1) is 13.0. The van der Waals surface area contributed by atoms with E-state index in [9.17, 15) is 9.59 Å². The molecule has 2 amide bonds. The van der Waals surface area contributed by atoms with Crippen molar-refractivity contribution in [1.82, 2.24) is 35.4 Å². The smallest absolute Gasteiger partial charge is 0.273 e. The van der Waals surface area contributed by atoms with Gasteiger partial charge in [0.05, 0.1) is 19.3 Å². The van der Waals surface area contributed by atoms with E-state index in [1.54, 1.807) is 14.1 Å². The van der Waals surface area contributed by atoms with Crippen LogP contribution < -0.4 is 5.32 Å². The Bertz CT molecular complexity index is 920. The van der Waals surface area contributed by atoms with Gasteiger partial charge in [-0.3, -0.25) is 14.3 Å². The average Bonchev–Trinajstić information content (AvgIpc) is 3.34. The van der Waals surface area contributed by atoms with Crippen molar-refractivity contribution >= 4 is 23.2 Å². The summed E-state index contributed by atoms with van der Waals surface area (Å²) in [6, 6.07) is 9.74. The molecule has 0 spiro atoms. The Morgan fingerprint density at radius 3 is 2.67 bits per heavy atom. The van der Waals surface area contributed by atoms with Crippen molar-refractivity contribution < 1.29 is 9.59 Å². The fraction of sp³-hybridized carbons (Fsp3) is 0.294. The minimum Gasteiger partial charge on any atom is -0.349 e. The van der Waals surface area contributed by atoms with Crippen molar-refractivity contribution in [2.45, 2.75) is 19.5 Å². The highest BCUT2D eigenvalue weighted by Crippen LogP contribution is 2.22. The van der Waals surface area contributed by atoms with E-state index in [0.717, 1.165) is 10.6 Å². The quantitative estimate of drug-likeness (QED) is 0.655. The van der Waals surface area contributed by atoms with Crippen LogP contribution in [0.5, 0.6) is 0 Å². The van der Waals surface area contributed by atoms with Crippen LogP contribution in [0.3, 0.4) is 0 Å². The number of hydrogen-bond donors (Lipinski definition) is 1. The molecule has 0 fully saturated rings. The molecule has 0 saturated carbocycles. The van der Waals surface area contributed by atoms with Crippen LogP contribution in [-0.2, 0) is 17.9 Å². The zero-order chi connectivity index (χ0) is 19.2. The van der Waals surface area contributed by atoms with E-state index in [1.807, 2.05) is 30.3 Å². The van der Waals surface area contributed by atoms with Gasteiger partial charge in [-0.05, 0) is 0 Å². The molecule has 2 aromatic heterocycles. The molecule has 0 aliphatic heterocycles. The molecule has 1 N–H and O–H groups in total. The summed E-state index contributed by atoms with van der Waals surface area (Å²) in [4.78, 5) is 25.3. The van der Waals surface area contributed by atoms with Gasteiger partial charge < -0.3 is 10.2 Å². The van der Waals surface area contributed by atoms with Crippen molar-refractivity contribution in [3.05, 3.63) is 47.2 Å². The number of benzene rings is 1. The average molecular weight is 385 g/mol. The highest BCUT2D eigenvalue weighted by Gasteiger charge is 2.13. The summed E-state index contributed by atoms with van der Waals surface area (Å²) in [5.41, 5.74) is 1.18. The molecule has 27 heavy (non-hydrogen) atoms. The van der Waals surface area contributed by atoms with Gasteiger partial charge in [-0.2, -0.15) is 0 Å². The maximum absolute atomic E-state index is 12.2. The summed E-state index contributed by atoms with van der Waals surface area (Å²) in [6.07, 6.45) is 1.82. The monoisotopic (exact) mass is 385 g/mol. The zero-order valence-corrected chi connectivity index (χ0v) is 15.8. The Morgan fingerprint density at radius 2 is 1.93 bits per heavy atom. The Hall–Kier alpha value is -3.14. The fourth-order valence-electron chi connectivity index (χ4n) is 2.21. The predicted octanol–water partition coefficient (Wildman–Crippen LogP) is 1.20. The highest BCUT2D eigenvalue weighted by molar-refractivity contribution is 7.14. The van der Waals surface area contributed by atoms with Crippen LogP contribution >= 0.6 is 11.3 Å². The predicted molar refractivity (Wildman–Crippen MR) is 99.8 cm³/mol. The van der Waals surface area contributed by atoms with E-state index in [2.05, 4.69) is 25.8 Å². The number of aryl methyl sites for hydroxylation is 1. The van der Waals surface area contributed by atoms with Gasteiger partial charge in [0.15, 0.2) is 5.69 Å². The van der Waals surface area contributed by atoms with E-state index < -0.39 is 0 Å². The molecule has 3 rings (SSSR count). The number of rotatable bonds is 7. The van der Waals surface area contributed by atoms with Crippen molar-refractivity contribution in [1.29, 1.82) is 0 Å². The van der Waals surface area contributed by atoms with Crippen LogP contribution in [0.2, 0.25) is 0 Å². The molecule has 1 aromatic carbocycles. The minimum atomic E-state index is -0.350. The molecule has 0 radical (unpaired) electrons. The molecule has 0 unspecified atom stereocenters. The number of carbonyl (C=O) groups excluding carboxylic acids is 2. The first-order valence-corrected chi connectivity index (χ1v) is 9.11. The van der Waals surface area contributed by atoms with E-state index in [-0.39, 0.29) is 24.1 Å². The second kappa shape index (κ2) is 8.49. The van der Waals surface area contributed by atoms with Gasteiger partial charge in [0.2, 0.25) is 5.91 Å². The molecular weight excluding hydrogens is 366 g/mol. The number of amides is 2. The molecule has 3 aromatic rings. The number of aromatic nitrogens is 5. The summed E-state index contributed by atoms with van der Waals surface area (Å²) in [5, 5.41) is 20.2. The fourth-order valence-corrected chi connectivity index (χ4v) is 3.00. The molecule has 0 aliphatic rings. The van der Waals surface area contributed by atoms with Crippen LogP contribution in [-0.4, -0.2) is 56.0 Å². The topological polar surface area (TPSA) is 106 Å². The second-order valence-electron chi connectivity index (χ2n) is 5.95. The molecular formula is C17H19N7O2S. The van der Waals surface area contributed by atoms with Crippen LogP contribution in [0, 0.1) is 0 Å². The number of nitrogens with one attached hydrogen (secondary N) is 1. The van der Waals surface area contributed by atoms with Crippen molar-refractivity contribution in [2.24, 2.45) is 0 Å². The number of carbonyl (C=O) groups is 2. The van der Waals surface area contributed by atoms with Gasteiger partial charge >= 0.3 is 0 Å². The molecule has 9 nitrogen and oxygen atoms in total. The Balaban J connectivity index is 1.53. The van der Waals surface area contributed by atoms with Gasteiger partial charge in [0.25, 0.3) is 5.91 Å². The Labute approximate surface area is 160 Å². The summed E-state index contributed by atoms with van der Waals surface area (Å²) in [5.74, 6) is -0.362. The van der Waals surface area contributed by atoms with Crippen LogP contribution in [0.25, 0.3) is 10.6 Å². The summed E-state index contributed by atoms with van der Waals surface area (Å²) < 4.78 is 1.48. The van der Waals surface area contributed by atoms with Crippen molar-refractivity contribution in [2.75, 3.05) is 14.1 Å². The standard InChI is InChI=1S/C17H19N7O2S/c1-23(2)15(25)8-9-24-11-13(19-22-24)16(26)18-10-14-20-21-17(27-14)12-6-4-3-5-7-12/h3-7,11H,8-10H2,1-2H3,(H,18,26). The van der Waals surface area contributed by atoms with Crippen molar-refractivity contribution in [3.8, 4) is 10.6 Å². The molecule has 0 saturated heterocycles. The first-order valence-electron chi connectivity index (χ1n) is 8.29. The number of hydrogen-bond acceptors (Lipinski definition) is 7. The normalized spacial score (nSPS) is 10.6. The van der Waals surface area contributed by atoms with Gasteiger partial charge in [-0.1, -0.05) is 46.9 Å². The lowest BCUT2D eigenvalue weighted by Crippen LogP contribution is -2.23. The lowest BCUT2D eigenvalue weighted by Gasteiger charge is -2.09. The van der Waals surface area contributed by atoms with Crippen LogP contribution in [0.15, 0.2) is 36.5 Å². The van der Waals surface area contributed by atoms with Gasteiger partial charge in [-0.25, -0.2) is 0 Å². The van der Waals surface area contributed by atoms with Crippen LogP contribution in [0.4, 0.5) is 0 Å². The summed E-state index contributed by atoms with van der Waals surface area (Å²) >= 11 is 1.42. The maximum atomic E-state index is 12.2. The molecule has 140 valence electrons. The third-order valence-corrected chi connectivity index (χ3v) is 4.68. The van der Waals surface area contributed by atoms with Gasteiger partial charge in [0, 0.05) is 26.1 Å². The third-order valence-electron chi connectivity index (χ3n) is 3.71. The molecule has 0 atom stereocenters. The van der Waals surface area contributed by atoms with E-state index >= 15 is 0 Å². The van der Waals surface area contributed by atoms with E-state index in [0.29, 0.717) is 18.0 Å². The highest BCUT2D eigenvalue weighted by atomic mass is 32.1. The second-order valence-corrected chi connectivity index (χ2v) is 7.02. The Morgan fingerprint density at radius 1 is 1.15 bits per heavy atom. The lowest BCUT2D eigenvalue weighted by molar-refractivity contribution is -0.128. The maximum Gasteiger partial charge on any atom is 0.273 e. The molecule has 10 heteroatoms. The minimum absolute atomic E-state index is 0.0120. The van der Waals surface area contributed by atoms with Gasteiger partial charge in [0.1, 0.15) is 10.0 Å². The van der Waals surface area contributed by atoms with Crippen LogP contribution in [0.1, 0.15) is 21.9 Å². The van der Waals surface area contributed by atoms with E-state index in [1.165, 1.54) is 27.1 Å². The largest absolute Gasteiger partial charge is 0.349 e. The Kier molecular flexibility index (Phi) is 5.87. The lowest BCUT2D eigenvalue weighted by atomic mass is 10.2. The molecule has 0 aliphatic carbocycles.